The lowest BCUT2D eigenvalue weighted by atomic mass is 10.2. The third kappa shape index (κ3) is 2.70. The minimum atomic E-state index is 1.06. The average Bonchev–Trinajstić information content (AvgIpc) is 1.65. The molecular weight excluding hydrogens is 140 g/mol. The maximum absolute atomic E-state index is 3.34. The largest absolute Gasteiger partial charge is 0.0922 e. The van der Waals surface area contributed by atoms with Crippen molar-refractivity contribution in [2.45, 2.75) is 20.3 Å². The van der Waals surface area contributed by atoms with Crippen LogP contribution in [0.15, 0.2) is 0 Å². The van der Waals surface area contributed by atoms with Gasteiger partial charge >= 0.3 is 0 Å². The molecule has 0 aromatic carbocycles. The molecule has 0 atom stereocenters. The van der Waals surface area contributed by atoms with Crippen LogP contribution in [0.25, 0.3) is 0 Å². The zero-order valence-electron chi connectivity index (χ0n) is 4.29. The van der Waals surface area contributed by atoms with E-state index >= 15 is 0 Å². The molecule has 0 N–H and O–H groups in total. The highest BCUT2D eigenvalue weighted by Crippen LogP contribution is 2.05. The molecule has 0 nitrogen and oxygen atoms in total. The standard InChI is InChI=1S/C5H10Br/c1-3-5(2)4-6/h3-4H2,1-2H3. The lowest BCUT2D eigenvalue weighted by Gasteiger charge is -1.96. The Morgan fingerprint density at radius 1 is 1.67 bits per heavy atom. The molecule has 0 fully saturated rings. The molecule has 6 heavy (non-hydrogen) atoms. The van der Waals surface area contributed by atoms with Crippen LogP contribution >= 0.6 is 15.9 Å². The molecule has 0 heterocycles. The second-order valence-electron chi connectivity index (χ2n) is 1.44. The minimum absolute atomic E-state index is 1.06. The first-order valence-electron chi connectivity index (χ1n) is 2.18. The SMILES string of the molecule is CC[C](C)CBr. The maximum Gasteiger partial charge on any atom is 0.00907 e. The van der Waals surface area contributed by atoms with Gasteiger partial charge in [0.2, 0.25) is 0 Å². The number of hydrogen-bond acceptors (Lipinski definition) is 0. The molecule has 0 aromatic heterocycles. The lowest BCUT2D eigenvalue weighted by molar-refractivity contribution is 0.937. The molecule has 0 aromatic rings. The highest BCUT2D eigenvalue weighted by Gasteiger charge is 1.91. The third-order valence-corrected chi connectivity index (χ3v) is 1.79. The fraction of sp³-hybridized carbons (Fsp3) is 0.800. The Bertz CT molecular complexity index is 23.1. The van der Waals surface area contributed by atoms with E-state index in [1.165, 1.54) is 12.3 Å². The molecule has 0 spiro atoms. The number of alkyl halides is 1. The number of halogens is 1. The van der Waals surface area contributed by atoms with Crippen LogP contribution in [0.4, 0.5) is 0 Å². The van der Waals surface area contributed by atoms with E-state index in [9.17, 15) is 0 Å². The summed E-state index contributed by atoms with van der Waals surface area (Å²) >= 11 is 3.34. The van der Waals surface area contributed by atoms with Gasteiger partial charge in [-0.1, -0.05) is 29.8 Å². The van der Waals surface area contributed by atoms with Crippen molar-refractivity contribution in [3.63, 3.8) is 0 Å². The molecule has 0 bridgehead atoms. The van der Waals surface area contributed by atoms with Gasteiger partial charge < -0.3 is 0 Å². The second kappa shape index (κ2) is 3.66. The van der Waals surface area contributed by atoms with Gasteiger partial charge in [0, 0.05) is 5.33 Å². The van der Waals surface area contributed by atoms with E-state index in [1.807, 2.05) is 0 Å². The summed E-state index contributed by atoms with van der Waals surface area (Å²) in [6.45, 7) is 4.31. The van der Waals surface area contributed by atoms with Crippen molar-refractivity contribution in [2.24, 2.45) is 0 Å². The molecule has 0 aliphatic carbocycles. The molecule has 0 saturated carbocycles. The fourth-order valence-electron chi connectivity index (χ4n) is 0.0945. The molecule has 0 unspecified atom stereocenters. The van der Waals surface area contributed by atoms with Crippen molar-refractivity contribution in [3.8, 4) is 0 Å². The summed E-state index contributed by atoms with van der Waals surface area (Å²) in [7, 11) is 0. The monoisotopic (exact) mass is 149 g/mol. The van der Waals surface area contributed by atoms with Crippen molar-refractivity contribution >= 4 is 15.9 Å². The quantitative estimate of drug-likeness (QED) is 0.530. The molecule has 1 radical (unpaired) electrons. The van der Waals surface area contributed by atoms with Gasteiger partial charge in [0.15, 0.2) is 0 Å². The molecule has 0 rings (SSSR count). The predicted molar refractivity (Wildman–Crippen MR) is 33.0 cm³/mol. The Hall–Kier alpha value is 0.480. The van der Waals surface area contributed by atoms with E-state index in [0.717, 1.165) is 5.33 Å². The van der Waals surface area contributed by atoms with Gasteiger partial charge in [-0.25, -0.2) is 0 Å². The van der Waals surface area contributed by atoms with Crippen molar-refractivity contribution in [3.05, 3.63) is 5.92 Å². The van der Waals surface area contributed by atoms with Gasteiger partial charge in [-0.3, -0.25) is 0 Å². The first kappa shape index (κ1) is 6.48. The van der Waals surface area contributed by atoms with Gasteiger partial charge in [-0.15, -0.1) is 0 Å². The predicted octanol–water partition coefficient (Wildman–Crippen LogP) is 2.39. The van der Waals surface area contributed by atoms with Crippen LogP contribution < -0.4 is 0 Å². The first-order chi connectivity index (χ1) is 2.81. The Morgan fingerprint density at radius 3 is 2.17 bits per heavy atom. The summed E-state index contributed by atoms with van der Waals surface area (Å²) in [6, 6.07) is 0. The van der Waals surface area contributed by atoms with Crippen LogP contribution in [-0.4, -0.2) is 5.33 Å². The smallest absolute Gasteiger partial charge is 0.00907 e. The Balaban J connectivity index is 2.75. The van der Waals surface area contributed by atoms with Crippen molar-refractivity contribution in [2.75, 3.05) is 5.33 Å². The first-order valence-corrected chi connectivity index (χ1v) is 3.30. The van der Waals surface area contributed by atoms with Crippen molar-refractivity contribution < 1.29 is 0 Å². The molecule has 0 aliphatic rings. The topological polar surface area (TPSA) is 0 Å². The summed E-state index contributed by atoms with van der Waals surface area (Å²) < 4.78 is 0. The Kier molecular flexibility index (Phi) is 3.96. The van der Waals surface area contributed by atoms with Gasteiger partial charge in [0.05, 0.1) is 0 Å². The van der Waals surface area contributed by atoms with Gasteiger partial charge in [0.1, 0.15) is 0 Å². The number of rotatable bonds is 2. The van der Waals surface area contributed by atoms with E-state index in [1.54, 1.807) is 0 Å². The molecule has 0 amide bonds. The fourth-order valence-corrected chi connectivity index (χ4v) is 0.491. The van der Waals surface area contributed by atoms with Crippen LogP contribution in [0.2, 0.25) is 0 Å². The Labute approximate surface area is 48.1 Å². The maximum atomic E-state index is 3.34. The minimum Gasteiger partial charge on any atom is -0.0922 e. The highest BCUT2D eigenvalue weighted by molar-refractivity contribution is 9.09. The van der Waals surface area contributed by atoms with E-state index in [-0.39, 0.29) is 0 Å². The summed E-state index contributed by atoms with van der Waals surface area (Å²) in [4.78, 5) is 0. The second-order valence-corrected chi connectivity index (χ2v) is 2.01. The highest BCUT2D eigenvalue weighted by atomic mass is 79.9. The van der Waals surface area contributed by atoms with Crippen LogP contribution in [0, 0.1) is 5.92 Å². The van der Waals surface area contributed by atoms with Crippen molar-refractivity contribution in [1.29, 1.82) is 0 Å². The number of hydrogen-bond donors (Lipinski definition) is 0. The van der Waals surface area contributed by atoms with Gasteiger partial charge in [-0.05, 0) is 12.3 Å². The average molecular weight is 150 g/mol. The van der Waals surface area contributed by atoms with Crippen LogP contribution in [0.1, 0.15) is 20.3 Å². The van der Waals surface area contributed by atoms with Gasteiger partial charge in [0.25, 0.3) is 0 Å². The summed E-state index contributed by atoms with van der Waals surface area (Å²) in [5.74, 6) is 1.51. The van der Waals surface area contributed by atoms with Crippen molar-refractivity contribution in [1.82, 2.24) is 0 Å². The van der Waals surface area contributed by atoms with E-state index in [0.29, 0.717) is 0 Å². The lowest BCUT2D eigenvalue weighted by Crippen LogP contribution is -1.86. The summed E-state index contributed by atoms with van der Waals surface area (Å²) in [5.41, 5.74) is 0. The van der Waals surface area contributed by atoms with Gasteiger partial charge in [-0.2, -0.15) is 0 Å². The van der Waals surface area contributed by atoms with E-state index in [2.05, 4.69) is 29.8 Å². The molecule has 37 valence electrons. The third-order valence-electron chi connectivity index (χ3n) is 0.832. The summed E-state index contributed by atoms with van der Waals surface area (Å²) in [5, 5.41) is 1.06. The molecular formula is C5H10Br. The zero-order chi connectivity index (χ0) is 4.99. The van der Waals surface area contributed by atoms with E-state index in [4.69, 9.17) is 0 Å². The summed E-state index contributed by atoms with van der Waals surface area (Å²) in [6.07, 6.45) is 1.20. The normalized spacial score (nSPS) is 10.0. The molecule has 1 heteroatoms. The van der Waals surface area contributed by atoms with Crippen LogP contribution in [-0.2, 0) is 0 Å². The Morgan fingerprint density at radius 2 is 2.17 bits per heavy atom. The molecule has 0 aliphatic heterocycles. The van der Waals surface area contributed by atoms with E-state index < -0.39 is 0 Å². The van der Waals surface area contributed by atoms with Crippen LogP contribution in [0.5, 0.6) is 0 Å². The zero-order valence-corrected chi connectivity index (χ0v) is 5.88. The molecule has 0 saturated heterocycles. The van der Waals surface area contributed by atoms with Crippen LogP contribution in [0.3, 0.4) is 0 Å².